The van der Waals surface area contributed by atoms with Crippen LogP contribution in [0.3, 0.4) is 0 Å². The minimum Gasteiger partial charge on any atom is -0.375 e. The SMILES string of the molecule is Cc1nc(N)sc1S(=O)(=O)N1CCCN(C)CC1C. The first-order valence-electron chi connectivity index (χ1n) is 6.25. The van der Waals surface area contributed by atoms with Gasteiger partial charge in [-0.05, 0) is 33.9 Å². The van der Waals surface area contributed by atoms with Gasteiger partial charge in [0.2, 0.25) is 0 Å². The van der Waals surface area contributed by atoms with Gasteiger partial charge < -0.3 is 10.6 Å². The quantitative estimate of drug-likeness (QED) is 0.872. The lowest BCUT2D eigenvalue weighted by atomic mass is 10.3. The molecular weight excluding hydrogens is 284 g/mol. The van der Waals surface area contributed by atoms with Crippen molar-refractivity contribution in [2.24, 2.45) is 0 Å². The maximum atomic E-state index is 12.7. The van der Waals surface area contributed by atoms with Crippen molar-refractivity contribution in [1.82, 2.24) is 14.2 Å². The molecule has 0 amide bonds. The molecule has 0 saturated carbocycles. The number of thiazole rings is 1. The van der Waals surface area contributed by atoms with E-state index >= 15 is 0 Å². The molecule has 0 aliphatic carbocycles. The van der Waals surface area contributed by atoms with E-state index in [1.165, 1.54) is 0 Å². The zero-order valence-electron chi connectivity index (χ0n) is 11.5. The first kappa shape index (κ1) is 14.7. The van der Waals surface area contributed by atoms with Crippen molar-refractivity contribution in [3.63, 3.8) is 0 Å². The van der Waals surface area contributed by atoms with Gasteiger partial charge in [-0.15, -0.1) is 0 Å². The lowest BCUT2D eigenvalue weighted by molar-refractivity contribution is 0.291. The molecule has 0 aromatic carbocycles. The van der Waals surface area contributed by atoms with Crippen molar-refractivity contribution >= 4 is 26.5 Å². The first-order valence-corrected chi connectivity index (χ1v) is 8.51. The van der Waals surface area contributed by atoms with Gasteiger partial charge in [0, 0.05) is 19.1 Å². The number of sulfonamides is 1. The normalized spacial score (nSPS) is 23.4. The second-order valence-electron chi connectivity index (χ2n) is 5.01. The number of aryl methyl sites for hydroxylation is 1. The van der Waals surface area contributed by atoms with Gasteiger partial charge in [-0.3, -0.25) is 0 Å². The van der Waals surface area contributed by atoms with E-state index in [9.17, 15) is 8.42 Å². The third kappa shape index (κ3) is 2.91. The van der Waals surface area contributed by atoms with Crippen molar-refractivity contribution in [1.29, 1.82) is 0 Å². The molecule has 1 aromatic rings. The summed E-state index contributed by atoms with van der Waals surface area (Å²) >= 11 is 1.05. The molecule has 1 aliphatic heterocycles. The van der Waals surface area contributed by atoms with E-state index in [-0.39, 0.29) is 10.3 Å². The first-order chi connectivity index (χ1) is 8.82. The summed E-state index contributed by atoms with van der Waals surface area (Å²) in [6, 6.07) is -0.0415. The molecule has 1 aromatic heterocycles. The molecule has 0 radical (unpaired) electrons. The maximum Gasteiger partial charge on any atom is 0.254 e. The third-order valence-electron chi connectivity index (χ3n) is 3.30. The van der Waals surface area contributed by atoms with Crippen LogP contribution in [0.1, 0.15) is 19.0 Å². The van der Waals surface area contributed by atoms with Crippen LogP contribution in [-0.2, 0) is 10.0 Å². The Balaban J connectivity index is 2.36. The molecule has 1 fully saturated rings. The second-order valence-corrected chi connectivity index (χ2v) is 8.12. The molecule has 1 unspecified atom stereocenters. The van der Waals surface area contributed by atoms with E-state index < -0.39 is 10.0 Å². The van der Waals surface area contributed by atoms with Crippen LogP contribution in [0.15, 0.2) is 4.21 Å². The van der Waals surface area contributed by atoms with Gasteiger partial charge in [-0.1, -0.05) is 11.3 Å². The number of nitrogens with zero attached hydrogens (tertiary/aromatic N) is 3. The number of nitrogen functional groups attached to an aromatic ring is 1. The second kappa shape index (κ2) is 5.35. The molecule has 2 heterocycles. The average Bonchev–Trinajstić information content (AvgIpc) is 2.53. The van der Waals surface area contributed by atoms with E-state index in [2.05, 4.69) is 9.88 Å². The Hall–Kier alpha value is -0.700. The monoisotopic (exact) mass is 304 g/mol. The highest BCUT2D eigenvalue weighted by Crippen LogP contribution is 2.29. The van der Waals surface area contributed by atoms with Crippen molar-refractivity contribution in [3.05, 3.63) is 5.69 Å². The van der Waals surface area contributed by atoms with Gasteiger partial charge in [-0.2, -0.15) is 4.31 Å². The molecular formula is C11H20N4O2S2. The van der Waals surface area contributed by atoms with Gasteiger partial charge in [0.15, 0.2) is 9.34 Å². The smallest absolute Gasteiger partial charge is 0.254 e. The molecule has 2 N–H and O–H groups in total. The Morgan fingerprint density at radius 1 is 1.42 bits per heavy atom. The minimum atomic E-state index is -3.49. The van der Waals surface area contributed by atoms with E-state index in [4.69, 9.17) is 5.73 Å². The Morgan fingerprint density at radius 2 is 2.11 bits per heavy atom. The van der Waals surface area contributed by atoms with E-state index in [0.29, 0.717) is 17.4 Å². The Bertz CT molecular complexity index is 555. The fraction of sp³-hybridized carbons (Fsp3) is 0.727. The van der Waals surface area contributed by atoms with E-state index in [1.807, 2.05) is 14.0 Å². The zero-order chi connectivity index (χ0) is 14.2. The number of likely N-dealkylation sites (N-methyl/N-ethyl adjacent to an activating group) is 1. The summed E-state index contributed by atoms with van der Waals surface area (Å²) in [5, 5.41) is 0.302. The van der Waals surface area contributed by atoms with Crippen LogP contribution < -0.4 is 5.73 Å². The Kier molecular flexibility index (Phi) is 4.14. The number of nitrogens with two attached hydrogens (primary N) is 1. The predicted molar refractivity (Wildman–Crippen MR) is 76.7 cm³/mol. The summed E-state index contributed by atoms with van der Waals surface area (Å²) in [5.74, 6) is 0. The largest absolute Gasteiger partial charge is 0.375 e. The van der Waals surface area contributed by atoms with Crippen LogP contribution in [0.4, 0.5) is 5.13 Å². The molecule has 6 nitrogen and oxygen atoms in total. The highest BCUT2D eigenvalue weighted by atomic mass is 32.2. The molecule has 1 atom stereocenters. The third-order valence-corrected chi connectivity index (χ3v) is 6.89. The molecule has 1 aliphatic rings. The summed E-state index contributed by atoms with van der Waals surface area (Å²) in [6.45, 7) is 5.84. The summed E-state index contributed by atoms with van der Waals surface area (Å²) in [6.07, 6.45) is 0.841. The van der Waals surface area contributed by atoms with Gasteiger partial charge in [0.25, 0.3) is 10.0 Å². The molecule has 1 saturated heterocycles. The number of hydrogen-bond acceptors (Lipinski definition) is 6. The molecule has 0 spiro atoms. The Labute approximate surface area is 118 Å². The van der Waals surface area contributed by atoms with Crippen LogP contribution in [0, 0.1) is 6.92 Å². The topological polar surface area (TPSA) is 79.5 Å². The van der Waals surface area contributed by atoms with Gasteiger partial charge >= 0.3 is 0 Å². The summed E-state index contributed by atoms with van der Waals surface area (Å²) < 4.78 is 27.3. The van der Waals surface area contributed by atoms with Gasteiger partial charge in [0.05, 0.1) is 5.69 Å². The van der Waals surface area contributed by atoms with Crippen LogP contribution in [0.5, 0.6) is 0 Å². The predicted octanol–water partition coefficient (Wildman–Crippen LogP) is 0.748. The molecule has 8 heteroatoms. The lowest BCUT2D eigenvalue weighted by Gasteiger charge is -2.26. The molecule has 19 heavy (non-hydrogen) atoms. The van der Waals surface area contributed by atoms with Crippen molar-refractivity contribution in [2.45, 2.75) is 30.5 Å². The van der Waals surface area contributed by atoms with Crippen LogP contribution in [-0.4, -0.2) is 55.3 Å². The van der Waals surface area contributed by atoms with E-state index in [1.54, 1.807) is 11.2 Å². The van der Waals surface area contributed by atoms with Crippen LogP contribution >= 0.6 is 11.3 Å². The molecule has 108 valence electrons. The number of anilines is 1. The average molecular weight is 304 g/mol. The summed E-state index contributed by atoms with van der Waals surface area (Å²) in [4.78, 5) is 6.18. The Morgan fingerprint density at radius 3 is 2.68 bits per heavy atom. The van der Waals surface area contributed by atoms with Crippen LogP contribution in [0.25, 0.3) is 0 Å². The lowest BCUT2D eigenvalue weighted by Crippen LogP contribution is -2.41. The van der Waals surface area contributed by atoms with Gasteiger partial charge in [0.1, 0.15) is 0 Å². The molecule has 0 bridgehead atoms. The van der Waals surface area contributed by atoms with Crippen molar-refractivity contribution < 1.29 is 8.42 Å². The molecule has 2 rings (SSSR count). The summed E-state index contributed by atoms with van der Waals surface area (Å²) in [7, 11) is -1.47. The van der Waals surface area contributed by atoms with Crippen molar-refractivity contribution in [2.75, 3.05) is 32.4 Å². The zero-order valence-corrected chi connectivity index (χ0v) is 13.1. The highest BCUT2D eigenvalue weighted by Gasteiger charge is 2.33. The van der Waals surface area contributed by atoms with Crippen molar-refractivity contribution in [3.8, 4) is 0 Å². The number of rotatable bonds is 2. The van der Waals surface area contributed by atoms with Crippen LogP contribution in [0.2, 0.25) is 0 Å². The fourth-order valence-corrected chi connectivity index (χ4v) is 5.53. The maximum absolute atomic E-state index is 12.7. The minimum absolute atomic E-state index is 0.0415. The number of aromatic nitrogens is 1. The van der Waals surface area contributed by atoms with Gasteiger partial charge in [-0.25, -0.2) is 13.4 Å². The fourth-order valence-electron chi connectivity index (χ4n) is 2.46. The standard InChI is InChI=1S/C11H20N4O2S2/c1-8-7-14(3)5-4-6-15(8)19(16,17)10-9(2)13-11(12)18-10/h8H,4-7H2,1-3H3,(H2,12,13). The number of hydrogen-bond donors (Lipinski definition) is 1. The van der Waals surface area contributed by atoms with E-state index in [0.717, 1.165) is 30.8 Å². The highest BCUT2D eigenvalue weighted by molar-refractivity contribution is 7.91. The summed E-state index contributed by atoms with van der Waals surface area (Å²) in [5.41, 5.74) is 6.10.